The van der Waals surface area contributed by atoms with E-state index in [0.29, 0.717) is 48.0 Å². The molecular weight excluding hydrogens is 585 g/mol. The van der Waals surface area contributed by atoms with Gasteiger partial charge in [-0.15, -0.1) is 11.3 Å². The van der Waals surface area contributed by atoms with Crippen molar-refractivity contribution in [2.45, 2.75) is 12.5 Å². The fourth-order valence-corrected chi connectivity index (χ4v) is 5.37. The zero-order chi connectivity index (χ0) is 29.1. The third kappa shape index (κ3) is 6.35. The zero-order valence-corrected chi connectivity index (χ0v) is 23.9. The van der Waals surface area contributed by atoms with Gasteiger partial charge in [-0.2, -0.15) is 9.83 Å². The Balaban J connectivity index is 1.45. The van der Waals surface area contributed by atoms with Crippen LogP contribution in [-0.4, -0.2) is 34.7 Å². The third-order valence-electron chi connectivity index (χ3n) is 6.26. The highest BCUT2D eigenvalue weighted by Crippen LogP contribution is 2.34. The van der Waals surface area contributed by atoms with Crippen molar-refractivity contribution in [2.24, 2.45) is 5.73 Å². The summed E-state index contributed by atoms with van der Waals surface area (Å²) in [5.74, 6) is -0.399. The molecule has 2 amide bonds. The fourth-order valence-electron chi connectivity index (χ4n) is 4.16. The number of thiophene rings is 1. The number of aromatic nitrogens is 3. The predicted molar refractivity (Wildman–Crippen MR) is 158 cm³/mol. The van der Waals surface area contributed by atoms with Gasteiger partial charge in [0.1, 0.15) is 11.8 Å². The average Bonchev–Trinajstić information content (AvgIpc) is 3.63. The summed E-state index contributed by atoms with van der Waals surface area (Å²) >= 11 is 13.6. The second-order valence-corrected chi connectivity index (χ2v) is 10.9. The number of nitrogens with zero attached hydrogens (tertiary/aromatic N) is 3. The van der Waals surface area contributed by atoms with Gasteiger partial charge in [-0.05, 0) is 60.2 Å². The van der Waals surface area contributed by atoms with Crippen LogP contribution in [-0.2, 0) is 11.2 Å². The number of methoxy groups -OCH3 is 1. The second-order valence-electron chi connectivity index (χ2n) is 9.02. The summed E-state index contributed by atoms with van der Waals surface area (Å²) in [6, 6.07) is 20.1. The van der Waals surface area contributed by atoms with Crippen LogP contribution in [0.2, 0.25) is 10.0 Å². The number of benzene rings is 2. The first-order valence-electron chi connectivity index (χ1n) is 12.3. The molecule has 0 aliphatic rings. The number of hydrogen-bond donors (Lipinski definition) is 2. The van der Waals surface area contributed by atoms with E-state index in [4.69, 9.17) is 38.8 Å². The molecule has 0 fully saturated rings. The fraction of sp³-hybridized carbons (Fsp3) is 0.103. The quantitative estimate of drug-likeness (QED) is 0.179. The number of primary amides is 1. The van der Waals surface area contributed by atoms with Crippen LogP contribution in [0.3, 0.4) is 0 Å². The van der Waals surface area contributed by atoms with E-state index in [2.05, 4.69) is 5.32 Å². The molecule has 5 aromatic rings. The molecule has 0 unspecified atom stereocenters. The molecule has 2 aromatic carbocycles. The van der Waals surface area contributed by atoms with Crippen molar-refractivity contribution >= 4 is 46.4 Å². The summed E-state index contributed by atoms with van der Waals surface area (Å²) in [7, 11) is 1.57. The van der Waals surface area contributed by atoms with Gasteiger partial charge in [0, 0.05) is 12.5 Å². The van der Waals surface area contributed by atoms with E-state index >= 15 is 0 Å². The largest absolute Gasteiger partial charge is 0.619 e. The highest BCUT2D eigenvalue weighted by molar-refractivity contribution is 7.17. The monoisotopic (exact) mass is 607 g/mol. The minimum absolute atomic E-state index is 0.230. The molecule has 0 saturated heterocycles. The highest BCUT2D eigenvalue weighted by atomic mass is 35.5. The number of halogens is 2. The van der Waals surface area contributed by atoms with Gasteiger partial charge >= 0.3 is 0 Å². The lowest BCUT2D eigenvalue weighted by molar-refractivity contribution is -0.604. The lowest BCUT2D eigenvalue weighted by atomic mass is 10.1. The van der Waals surface area contributed by atoms with Gasteiger partial charge in [0.25, 0.3) is 5.91 Å². The topological polar surface area (TPSA) is 126 Å². The van der Waals surface area contributed by atoms with E-state index in [0.717, 1.165) is 10.4 Å². The highest BCUT2D eigenvalue weighted by Gasteiger charge is 2.22. The number of ether oxygens (including phenoxy) is 1. The molecule has 3 N–H and O–H groups in total. The van der Waals surface area contributed by atoms with Crippen molar-refractivity contribution in [1.29, 1.82) is 0 Å². The number of carbonyl (C=O) groups is 2. The Bertz CT molecular complexity index is 1740. The number of carbonyl (C=O) groups excluding carboxylic acids is 2. The van der Waals surface area contributed by atoms with Crippen molar-refractivity contribution in [3.05, 3.63) is 111 Å². The summed E-state index contributed by atoms with van der Waals surface area (Å²) < 4.78 is 7.53. The Kier molecular flexibility index (Phi) is 8.25. The molecule has 3 aromatic heterocycles. The first kappa shape index (κ1) is 28.2. The molecule has 5 rings (SSSR count). The predicted octanol–water partition coefficient (Wildman–Crippen LogP) is 5.04. The average molecular weight is 609 g/mol. The lowest BCUT2D eigenvalue weighted by Gasteiger charge is -2.15. The van der Waals surface area contributed by atoms with Crippen LogP contribution >= 0.6 is 34.5 Å². The van der Waals surface area contributed by atoms with E-state index in [1.807, 2.05) is 18.2 Å². The van der Waals surface area contributed by atoms with E-state index in [-0.39, 0.29) is 6.42 Å². The molecule has 0 spiro atoms. The molecule has 0 aliphatic carbocycles. The minimum atomic E-state index is -0.911. The van der Waals surface area contributed by atoms with Gasteiger partial charge in [0.2, 0.25) is 5.91 Å². The van der Waals surface area contributed by atoms with Gasteiger partial charge in [-0.1, -0.05) is 35.3 Å². The zero-order valence-electron chi connectivity index (χ0n) is 21.6. The first-order valence-corrected chi connectivity index (χ1v) is 13.9. The number of nitrogens with one attached hydrogen (secondary N) is 1. The normalized spacial score (nSPS) is 11.7. The Labute approximate surface area is 249 Å². The minimum Gasteiger partial charge on any atom is -0.619 e. The van der Waals surface area contributed by atoms with Crippen LogP contribution in [0, 0.1) is 5.21 Å². The molecule has 0 saturated carbocycles. The van der Waals surface area contributed by atoms with E-state index in [1.54, 1.807) is 66.4 Å². The van der Waals surface area contributed by atoms with Crippen molar-refractivity contribution in [2.75, 3.05) is 7.11 Å². The number of hydrogen-bond acceptors (Lipinski definition) is 6. The van der Waals surface area contributed by atoms with E-state index in [9.17, 15) is 14.8 Å². The molecule has 12 heteroatoms. The first-order chi connectivity index (χ1) is 19.7. The summed E-state index contributed by atoms with van der Waals surface area (Å²) in [4.78, 5) is 26.4. The van der Waals surface area contributed by atoms with Crippen LogP contribution < -0.4 is 20.5 Å². The summed E-state index contributed by atoms with van der Waals surface area (Å²) in [5.41, 5.74) is 8.88. The van der Waals surface area contributed by atoms with Crippen LogP contribution in [0.4, 0.5) is 0 Å². The number of nitrogens with two attached hydrogens (primary N) is 1. The Morgan fingerprint density at radius 1 is 1.10 bits per heavy atom. The van der Waals surface area contributed by atoms with Gasteiger partial charge in [-0.25, -0.2) is 4.68 Å². The third-order valence-corrected chi connectivity index (χ3v) is 8.10. The maximum atomic E-state index is 13.2. The van der Waals surface area contributed by atoms with E-state index < -0.39 is 17.9 Å². The van der Waals surface area contributed by atoms with E-state index in [1.165, 1.54) is 23.7 Å². The molecule has 3 heterocycles. The number of rotatable bonds is 9. The Hall–Kier alpha value is -4.38. The molecule has 208 valence electrons. The maximum absolute atomic E-state index is 13.2. The molecule has 0 radical (unpaired) electrons. The molecule has 41 heavy (non-hydrogen) atoms. The van der Waals surface area contributed by atoms with Crippen LogP contribution in [0.5, 0.6) is 5.75 Å². The number of amides is 2. The van der Waals surface area contributed by atoms with Gasteiger partial charge in [0.15, 0.2) is 12.4 Å². The van der Waals surface area contributed by atoms with Crippen molar-refractivity contribution in [3.63, 3.8) is 0 Å². The summed E-state index contributed by atoms with van der Waals surface area (Å²) in [6.07, 6.45) is 3.04. The smallest absolute Gasteiger partial charge is 0.262 e. The van der Waals surface area contributed by atoms with Gasteiger partial charge in [0.05, 0.1) is 49.5 Å². The second kappa shape index (κ2) is 12.0. The van der Waals surface area contributed by atoms with Crippen LogP contribution in [0.15, 0.2) is 85.2 Å². The Morgan fingerprint density at radius 3 is 2.56 bits per heavy atom. The van der Waals surface area contributed by atoms with Crippen molar-refractivity contribution in [1.82, 2.24) is 15.1 Å². The lowest BCUT2D eigenvalue weighted by Crippen LogP contribution is -2.45. The molecular formula is C29H23Cl2N5O4S. The van der Waals surface area contributed by atoms with Crippen molar-refractivity contribution < 1.29 is 19.1 Å². The molecule has 1 atom stereocenters. The molecule has 9 nitrogen and oxygen atoms in total. The summed E-state index contributed by atoms with van der Waals surface area (Å²) in [6.45, 7) is 0. The van der Waals surface area contributed by atoms with Crippen LogP contribution in [0.25, 0.3) is 27.5 Å². The molecule has 0 bridgehead atoms. The van der Waals surface area contributed by atoms with Crippen molar-refractivity contribution in [3.8, 4) is 33.3 Å². The SMILES string of the molecule is COc1ccc(C[C@H](NC(=O)c2ccc(-c3cc(-c4ccc[n+]([O-])c4)nn3-c3ccc(Cl)c(Cl)c3)s2)C(N)=O)cc1. The number of pyridine rings is 1. The van der Waals surface area contributed by atoms with Crippen LogP contribution in [0.1, 0.15) is 15.2 Å². The maximum Gasteiger partial charge on any atom is 0.262 e. The molecule has 0 aliphatic heterocycles. The summed E-state index contributed by atoms with van der Waals surface area (Å²) in [5, 5.41) is 20.1. The van der Waals surface area contributed by atoms with Gasteiger partial charge < -0.3 is 21.0 Å². The van der Waals surface area contributed by atoms with Gasteiger partial charge in [-0.3, -0.25) is 9.59 Å². The Morgan fingerprint density at radius 2 is 1.88 bits per heavy atom. The standard InChI is InChI=1S/C29H23Cl2N5O4S/c1-40-20-7-4-17(5-8-20)13-24(28(32)37)33-29(38)27-11-10-26(41-27)25-15-23(18-3-2-12-35(39)16-18)34-36(25)19-6-9-21(30)22(31)14-19/h2-12,14-16,24H,13H2,1H3,(H2,32,37)(H,33,38)/t24-/m0/s1.